The minimum absolute atomic E-state index is 0.0474. The summed E-state index contributed by atoms with van der Waals surface area (Å²) in [4.78, 5) is 10.0. The van der Waals surface area contributed by atoms with Crippen molar-refractivity contribution in [3.63, 3.8) is 0 Å². The fraction of sp³-hybridized carbons (Fsp3) is 0.429. The van der Waals surface area contributed by atoms with Crippen molar-refractivity contribution < 1.29 is 8.78 Å². The molecule has 1 fully saturated rings. The lowest BCUT2D eigenvalue weighted by Crippen LogP contribution is -2.26. The largest absolute Gasteiger partial charge is 0.383 e. The van der Waals surface area contributed by atoms with Crippen molar-refractivity contribution in [1.29, 1.82) is 10.5 Å². The number of nitrogens with zero attached hydrogens (tertiary/aromatic N) is 7. The number of fused-ring (bicyclic) bond motifs is 1. The number of thiazole rings is 1. The van der Waals surface area contributed by atoms with Gasteiger partial charge in [-0.15, -0.1) is 16.4 Å². The number of aromatic nitrogens is 5. The third-order valence-corrected chi connectivity index (χ3v) is 7.89. The average molecular weight is 547 g/mol. The molecule has 1 aliphatic rings. The van der Waals surface area contributed by atoms with Crippen LogP contribution in [-0.4, -0.2) is 37.9 Å². The van der Waals surface area contributed by atoms with Crippen LogP contribution in [0, 0.1) is 35.0 Å². The van der Waals surface area contributed by atoms with Crippen LogP contribution in [0.3, 0.4) is 0 Å². The second-order valence-electron chi connectivity index (χ2n) is 11.3. The van der Waals surface area contributed by atoms with E-state index in [0.29, 0.717) is 59.2 Å². The number of halogens is 2. The van der Waals surface area contributed by atoms with E-state index in [1.54, 1.807) is 17.8 Å². The van der Waals surface area contributed by atoms with Crippen molar-refractivity contribution in [2.24, 2.45) is 5.41 Å². The lowest BCUT2D eigenvalue weighted by atomic mass is 9.90. The molecule has 200 valence electrons. The molecule has 3 heterocycles. The van der Waals surface area contributed by atoms with E-state index in [9.17, 15) is 19.3 Å². The van der Waals surface area contributed by atoms with E-state index in [-0.39, 0.29) is 11.3 Å². The second-order valence-corrected chi connectivity index (χ2v) is 12.3. The molecule has 1 aliphatic carbocycles. The predicted octanol–water partition coefficient (Wildman–Crippen LogP) is 5.92. The van der Waals surface area contributed by atoms with Crippen LogP contribution in [0.5, 0.6) is 0 Å². The third kappa shape index (κ3) is 5.07. The number of alkyl halides is 2. The molecule has 5 rings (SSSR count). The molecule has 0 unspecified atom stereocenters. The Hall–Kier alpha value is -3.96. The van der Waals surface area contributed by atoms with Crippen molar-refractivity contribution in [2.75, 3.05) is 11.9 Å². The van der Waals surface area contributed by atoms with Gasteiger partial charge in [-0.2, -0.15) is 10.5 Å². The molecule has 39 heavy (non-hydrogen) atoms. The second kappa shape index (κ2) is 9.97. The zero-order valence-electron chi connectivity index (χ0n) is 22.2. The van der Waals surface area contributed by atoms with Gasteiger partial charge >= 0.3 is 0 Å². The summed E-state index contributed by atoms with van der Waals surface area (Å²) in [6.07, 6.45) is 1.72. The molecule has 4 aromatic rings. The molecular formula is C28H28F2N8S. The maximum absolute atomic E-state index is 13.8. The molecule has 0 radical (unpaired) electrons. The minimum Gasteiger partial charge on any atom is -0.383 e. The Balaban J connectivity index is 1.60. The van der Waals surface area contributed by atoms with Crippen LogP contribution in [0.25, 0.3) is 10.9 Å². The standard InChI is InChI=1S/C28H28F2N8S/c1-16-23(35-15-39-16)20(22-13-38(37-36-22)28(5-6-28)26(29)30)8-17-7-18(10-31)24-21(9-17)25(19(11-32)12-33-24)34-14-27(2,3)4/h7,9,12-13,15,20,26H,5-6,8,14H2,1-4H3,(H,33,34)/t20-/m1/s1. The van der Waals surface area contributed by atoms with Crippen molar-refractivity contribution in [3.8, 4) is 12.1 Å². The molecule has 1 aromatic carbocycles. The molecule has 1 atom stereocenters. The van der Waals surface area contributed by atoms with E-state index in [1.165, 1.54) is 22.2 Å². The highest BCUT2D eigenvalue weighted by molar-refractivity contribution is 7.09. The summed E-state index contributed by atoms with van der Waals surface area (Å²) in [6, 6.07) is 8.19. The molecule has 0 spiro atoms. The van der Waals surface area contributed by atoms with Crippen LogP contribution < -0.4 is 5.32 Å². The van der Waals surface area contributed by atoms with Gasteiger partial charge in [0.05, 0.1) is 51.3 Å². The number of hydrogen-bond donors (Lipinski definition) is 1. The smallest absolute Gasteiger partial charge is 0.263 e. The normalized spacial score (nSPS) is 15.2. The van der Waals surface area contributed by atoms with Gasteiger partial charge in [0.1, 0.15) is 17.7 Å². The molecule has 0 saturated heterocycles. The van der Waals surface area contributed by atoms with Crippen LogP contribution in [0.15, 0.2) is 30.0 Å². The van der Waals surface area contributed by atoms with Gasteiger partial charge in [0.25, 0.3) is 6.43 Å². The number of nitriles is 2. The van der Waals surface area contributed by atoms with Crippen LogP contribution in [0.4, 0.5) is 14.5 Å². The van der Waals surface area contributed by atoms with Crippen molar-refractivity contribution >= 4 is 27.9 Å². The number of pyridine rings is 1. The number of aryl methyl sites for hydroxylation is 1. The van der Waals surface area contributed by atoms with Crippen LogP contribution in [-0.2, 0) is 12.0 Å². The summed E-state index contributed by atoms with van der Waals surface area (Å²) in [5, 5.41) is 32.3. The fourth-order valence-corrected chi connectivity index (χ4v) is 5.39. The van der Waals surface area contributed by atoms with Gasteiger partial charge < -0.3 is 5.32 Å². The predicted molar refractivity (Wildman–Crippen MR) is 145 cm³/mol. The Morgan fingerprint density at radius 1 is 1.15 bits per heavy atom. The molecule has 1 saturated carbocycles. The molecule has 8 nitrogen and oxygen atoms in total. The van der Waals surface area contributed by atoms with Crippen LogP contribution in [0.2, 0.25) is 0 Å². The number of hydrogen-bond acceptors (Lipinski definition) is 8. The molecular weight excluding hydrogens is 518 g/mol. The SMILES string of the molecule is Cc1scnc1[C@H](Cc1cc(C#N)c2ncc(C#N)c(NCC(C)(C)C)c2c1)c1cn(C2(C(F)F)CC2)nn1. The van der Waals surface area contributed by atoms with E-state index in [0.717, 1.165) is 16.1 Å². The highest BCUT2D eigenvalue weighted by Crippen LogP contribution is 2.48. The summed E-state index contributed by atoms with van der Waals surface area (Å²) in [5.41, 5.74) is 4.51. The van der Waals surface area contributed by atoms with Gasteiger partial charge in [0.2, 0.25) is 0 Å². The topological polar surface area (TPSA) is 116 Å². The van der Waals surface area contributed by atoms with Gasteiger partial charge in [-0.25, -0.2) is 18.4 Å². The van der Waals surface area contributed by atoms with Crippen LogP contribution in [0.1, 0.15) is 72.5 Å². The summed E-state index contributed by atoms with van der Waals surface area (Å²) >= 11 is 1.50. The first-order valence-electron chi connectivity index (χ1n) is 12.7. The van der Waals surface area contributed by atoms with E-state index in [4.69, 9.17) is 0 Å². The monoisotopic (exact) mass is 546 g/mol. The maximum atomic E-state index is 13.8. The number of anilines is 1. The molecule has 11 heteroatoms. The number of rotatable bonds is 8. The number of benzene rings is 1. The molecule has 1 N–H and O–H groups in total. The first-order chi connectivity index (χ1) is 18.6. The zero-order valence-corrected chi connectivity index (χ0v) is 23.0. The Morgan fingerprint density at radius 2 is 1.90 bits per heavy atom. The van der Waals surface area contributed by atoms with Gasteiger partial charge in [-0.1, -0.05) is 26.0 Å². The Morgan fingerprint density at radius 3 is 2.49 bits per heavy atom. The van der Waals surface area contributed by atoms with Crippen LogP contribution >= 0.6 is 11.3 Å². The van der Waals surface area contributed by atoms with Crippen molar-refractivity contribution in [2.45, 2.75) is 64.8 Å². The average Bonchev–Trinajstić information content (AvgIpc) is 3.37. The Bertz CT molecular complexity index is 1620. The Kier molecular flexibility index (Phi) is 6.81. The highest BCUT2D eigenvalue weighted by Gasteiger charge is 2.54. The third-order valence-electron chi connectivity index (χ3n) is 7.11. The molecule has 3 aromatic heterocycles. The first kappa shape index (κ1) is 26.6. The molecule has 0 aliphatic heterocycles. The first-order valence-corrected chi connectivity index (χ1v) is 13.5. The zero-order chi connectivity index (χ0) is 27.9. The van der Waals surface area contributed by atoms with E-state index in [2.05, 4.69) is 58.5 Å². The van der Waals surface area contributed by atoms with Gasteiger partial charge in [-0.05, 0) is 49.3 Å². The van der Waals surface area contributed by atoms with E-state index >= 15 is 0 Å². The van der Waals surface area contributed by atoms with Crippen molar-refractivity contribution in [3.05, 3.63) is 63.0 Å². The summed E-state index contributed by atoms with van der Waals surface area (Å²) in [7, 11) is 0. The van der Waals surface area contributed by atoms with Crippen molar-refractivity contribution in [1.82, 2.24) is 25.0 Å². The lowest BCUT2D eigenvalue weighted by Gasteiger charge is -2.21. The van der Waals surface area contributed by atoms with Gasteiger partial charge in [0, 0.05) is 23.0 Å². The Labute approximate surface area is 229 Å². The number of nitrogens with one attached hydrogen (secondary N) is 1. The van der Waals surface area contributed by atoms with E-state index < -0.39 is 12.0 Å². The summed E-state index contributed by atoms with van der Waals surface area (Å²) in [6.45, 7) is 8.85. The maximum Gasteiger partial charge on any atom is 0.263 e. The quantitative estimate of drug-likeness (QED) is 0.291. The minimum atomic E-state index is -2.52. The van der Waals surface area contributed by atoms with Gasteiger partial charge in [-0.3, -0.25) is 4.98 Å². The fourth-order valence-electron chi connectivity index (χ4n) is 4.75. The highest BCUT2D eigenvalue weighted by atomic mass is 32.1. The lowest BCUT2D eigenvalue weighted by molar-refractivity contribution is 0.0593. The van der Waals surface area contributed by atoms with E-state index in [1.807, 2.05) is 13.0 Å². The molecule has 0 bridgehead atoms. The summed E-state index contributed by atoms with van der Waals surface area (Å²) < 4.78 is 28.8. The summed E-state index contributed by atoms with van der Waals surface area (Å²) in [5.74, 6) is -0.361. The van der Waals surface area contributed by atoms with Gasteiger partial charge in [0.15, 0.2) is 0 Å². The molecule has 0 amide bonds.